The highest BCUT2D eigenvalue weighted by atomic mass is 16.2. The molecule has 136 valence electrons. The number of carbonyl (C=O) groups excluding carboxylic acids is 1. The Balaban J connectivity index is 1.60. The maximum Gasteiger partial charge on any atom is 0.228 e. The summed E-state index contributed by atoms with van der Waals surface area (Å²) in [6, 6.07) is 3.97. The molecule has 3 rings (SSSR count). The Kier molecular flexibility index (Phi) is 4.87. The van der Waals surface area contributed by atoms with Crippen LogP contribution in [0.1, 0.15) is 27.7 Å². The molecule has 1 saturated carbocycles. The largest absolute Gasteiger partial charge is 0.354 e. The molecule has 2 unspecified atom stereocenters. The molecule has 5 nitrogen and oxygen atoms in total. The summed E-state index contributed by atoms with van der Waals surface area (Å²) in [7, 11) is 2.14. The molecule has 2 heterocycles. The molecule has 0 radical (unpaired) electrons. The Morgan fingerprint density at radius 2 is 1.92 bits per heavy atom. The van der Waals surface area contributed by atoms with Gasteiger partial charge in [-0.1, -0.05) is 25.5 Å². The molecule has 1 saturated heterocycles. The van der Waals surface area contributed by atoms with E-state index in [9.17, 15) is 4.79 Å². The number of piperazine rings is 1. The molecule has 1 aromatic rings. The number of nitrogens with one attached hydrogen (secondary N) is 1. The number of hydrogen-bond acceptors (Lipinski definition) is 4. The summed E-state index contributed by atoms with van der Waals surface area (Å²) < 4.78 is 0. The molecule has 1 aliphatic carbocycles. The molecule has 2 aliphatic rings. The molecule has 0 bridgehead atoms. The van der Waals surface area contributed by atoms with E-state index in [0.29, 0.717) is 5.92 Å². The van der Waals surface area contributed by atoms with Crippen molar-refractivity contribution in [3.05, 3.63) is 30.0 Å². The van der Waals surface area contributed by atoms with Crippen LogP contribution in [-0.4, -0.2) is 49.0 Å². The smallest absolute Gasteiger partial charge is 0.228 e. The molecular formula is C20H30N4O. The Morgan fingerprint density at radius 3 is 2.48 bits per heavy atom. The van der Waals surface area contributed by atoms with Gasteiger partial charge in [0.25, 0.3) is 0 Å². The van der Waals surface area contributed by atoms with E-state index >= 15 is 0 Å². The lowest BCUT2D eigenvalue weighted by Gasteiger charge is -2.33. The number of rotatable bonds is 4. The average molecular weight is 342 g/mol. The number of hydrogen-bond donors (Lipinski definition) is 1. The highest BCUT2D eigenvalue weighted by molar-refractivity contribution is 5.95. The number of amides is 1. The van der Waals surface area contributed by atoms with E-state index in [1.165, 1.54) is 5.57 Å². The SMILES string of the molecule is CC(C)=CC1C(C(=O)Nc2ccc(N3CCN(C)CC3)nc2)C1(C)C. The fourth-order valence-corrected chi connectivity index (χ4v) is 3.75. The van der Waals surface area contributed by atoms with Gasteiger partial charge >= 0.3 is 0 Å². The summed E-state index contributed by atoms with van der Waals surface area (Å²) in [4.78, 5) is 21.8. The number of allylic oxidation sites excluding steroid dienone is 2. The average Bonchev–Trinajstić information content (AvgIpc) is 3.08. The first-order valence-corrected chi connectivity index (χ1v) is 9.14. The Labute approximate surface area is 151 Å². The first-order valence-electron chi connectivity index (χ1n) is 9.14. The van der Waals surface area contributed by atoms with Gasteiger partial charge in [-0.2, -0.15) is 0 Å². The second-order valence-electron chi connectivity index (χ2n) is 8.25. The fraction of sp³-hybridized carbons (Fsp3) is 0.600. The maximum atomic E-state index is 12.6. The highest BCUT2D eigenvalue weighted by Gasteiger charge is 2.60. The van der Waals surface area contributed by atoms with Crippen LogP contribution in [-0.2, 0) is 4.79 Å². The van der Waals surface area contributed by atoms with Crippen molar-refractivity contribution in [1.29, 1.82) is 0 Å². The monoisotopic (exact) mass is 342 g/mol. The van der Waals surface area contributed by atoms with E-state index in [1.54, 1.807) is 6.20 Å². The summed E-state index contributed by atoms with van der Waals surface area (Å²) >= 11 is 0. The van der Waals surface area contributed by atoms with E-state index in [2.05, 4.69) is 60.9 Å². The van der Waals surface area contributed by atoms with Crippen molar-refractivity contribution in [1.82, 2.24) is 9.88 Å². The van der Waals surface area contributed by atoms with Crippen molar-refractivity contribution < 1.29 is 4.79 Å². The summed E-state index contributed by atoms with van der Waals surface area (Å²) in [6.45, 7) is 12.6. The van der Waals surface area contributed by atoms with Gasteiger partial charge in [0.1, 0.15) is 5.82 Å². The lowest BCUT2D eigenvalue weighted by atomic mass is 10.1. The molecule has 2 atom stereocenters. The zero-order chi connectivity index (χ0) is 18.2. The van der Waals surface area contributed by atoms with Crippen molar-refractivity contribution in [3.63, 3.8) is 0 Å². The van der Waals surface area contributed by atoms with Crippen molar-refractivity contribution in [2.24, 2.45) is 17.3 Å². The fourth-order valence-electron chi connectivity index (χ4n) is 3.75. The zero-order valence-electron chi connectivity index (χ0n) is 16.0. The van der Waals surface area contributed by atoms with Gasteiger partial charge in [0.05, 0.1) is 17.8 Å². The van der Waals surface area contributed by atoms with Crippen molar-refractivity contribution >= 4 is 17.4 Å². The van der Waals surface area contributed by atoms with Gasteiger partial charge < -0.3 is 15.1 Å². The topological polar surface area (TPSA) is 48.5 Å². The van der Waals surface area contributed by atoms with Crippen LogP contribution in [0.4, 0.5) is 11.5 Å². The number of aromatic nitrogens is 1. The number of pyridine rings is 1. The number of nitrogens with zero attached hydrogens (tertiary/aromatic N) is 3. The predicted octanol–water partition coefficient (Wildman–Crippen LogP) is 3.01. The number of anilines is 2. The molecule has 1 aliphatic heterocycles. The predicted molar refractivity (Wildman–Crippen MR) is 103 cm³/mol. The van der Waals surface area contributed by atoms with Gasteiger partial charge in [-0.25, -0.2) is 4.98 Å². The van der Waals surface area contributed by atoms with E-state index < -0.39 is 0 Å². The second kappa shape index (κ2) is 6.79. The minimum absolute atomic E-state index is 0.0363. The van der Waals surface area contributed by atoms with Gasteiger partial charge in [0.2, 0.25) is 5.91 Å². The minimum Gasteiger partial charge on any atom is -0.354 e. The van der Waals surface area contributed by atoms with Crippen LogP contribution < -0.4 is 10.2 Å². The molecule has 25 heavy (non-hydrogen) atoms. The van der Waals surface area contributed by atoms with Gasteiger partial charge in [0.15, 0.2) is 0 Å². The Hall–Kier alpha value is -1.88. The van der Waals surface area contributed by atoms with E-state index in [-0.39, 0.29) is 17.2 Å². The summed E-state index contributed by atoms with van der Waals surface area (Å²) in [5.74, 6) is 1.46. The van der Waals surface area contributed by atoms with Crippen LogP contribution in [0.5, 0.6) is 0 Å². The van der Waals surface area contributed by atoms with Crippen molar-refractivity contribution in [3.8, 4) is 0 Å². The molecule has 5 heteroatoms. The molecule has 1 N–H and O–H groups in total. The van der Waals surface area contributed by atoms with Gasteiger partial charge in [-0.15, -0.1) is 0 Å². The molecule has 2 fully saturated rings. The third kappa shape index (κ3) is 3.87. The van der Waals surface area contributed by atoms with Crippen LogP contribution in [0.2, 0.25) is 0 Å². The van der Waals surface area contributed by atoms with Crippen LogP contribution >= 0.6 is 0 Å². The van der Waals surface area contributed by atoms with Crippen molar-refractivity contribution in [2.75, 3.05) is 43.4 Å². The highest BCUT2D eigenvalue weighted by Crippen LogP contribution is 2.59. The summed E-state index contributed by atoms with van der Waals surface area (Å²) in [5.41, 5.74) is 2.09. The maximum absolute atomic E-state index is 12.6. The summed E-state index contributed by atoms with van der Waals surface area (Å²) in [5, 5.41) is 3.04. The van der Waals surface area contributed by atoms with Gasteiger partial charge in [0, 0.05) is 26.2 Å². The van der Waals surface area contributed by atoms with Crippen molar-refractivity contribution in [2.45, 2.75) is 27.7 Å². The van der Waals surface area contributed by atoms with Crippen LogP contribution in [0.15, 0.2) is 30.0 Å². The number of likely N-dealkylation sites (N-methyl/N-ethyl adjacent to an activating group) is 1. The first-order chi connectivity index (χ1) is 11.8. The molecule has 0 aromatic carbocycles. The first kappa shape index (κ1) is 17.9. The molecule has 1 amide bonds. The third-order valence-electron chi connectivity index (χ3n) is 5.55. The van der Waals surface area contributed by atoms with E-state index in [1.807, 2.05) is 12.1 Å². The summed E-state index contributed by atoms with van der Waals surface area (Å²) in [6.07, 6.45) is 4.00. The van der Waals surface area contributed by atoms with Gasteiger partial charge in [-0.05, 0) is 44.4 Å². The lowest BCUT2D eigenvalue weighted by Crippen LogP contribution is -2.44. The van der Waals surface area contributed by atoms with Gasteiger partial charge in [-0.3, -0.25) is 4.79 Å². The van der Waals surface area contributed by atoms with Crippen LogP contribution in [0, 0.1) is 17.3 Å². The quantitative estimate of drug-likeness (QED) is 0.855. The van der Waals surface area contributed by atoms with Crippen LogP contribution in [0.25, 0.3) is 0 Å². The second-order valence-corrected chi connectivity index (χ2v) is 8.25. The van der Waals surface area contributed by atoms with E-state index in [0.717, 1.165) is 37.7 Å². The van der Waals surface area contributed by atoms with Crippen LogP contribution in [0.3, 0.4) is 0 Å². The molecule has 1 aromatic heterocycles. The molecule has 0 spiro atoms. The standard InChI is InChI=1S/C20H30N4O/c1-14(2)12-16-18(20(16,3)4)19(25)22-15-6-7-17(21-13-15)24-10-8-23(5)9-11-24/h6-7,12-13,16,18H,8-11H2,1-5H3,(H,22,25). The van der Waals surface area contributed by atoms with E-state index in [4.69, 9.17) is 0 Å². The normalized spacial score (nSPS) is 25.4. The third-order valence-corrected chi connectivity index (χ3v) is 5.55. The minimum atomic E-state index is 0.0363. The number of carbonyl (C=O) groups is 1. The lowest BCUT2D eigenvalue weighted by molar-refractivity contribution is -0.118. The Bertz CT molecular complexity index is 653. The zero-order valence-corrected chi connectivity index (χ0v) is 16.0. The Morgan fingerprint density at radius 1 is 1.24 bits per heavy atom. The molecular weight excluding hydrogens is 312 g/mol.